The smallest absolute Gasteiger partial charge is 0 e. The van der Waals surface area contributed by atoms with E-state index in [1.807, 2.05) is 0 Å². The molecule has 1 rings (SSSR count). The van der Waals surface area contributed by atoms with E-state index in [0.29, 0.717) is 5.92 Å². The van der Waals surface area contributed by atoms with Crippen LogP contribution in [0.1, 0.15) is 27.7 Å². The van der Waals surface area contributed by atoms with E-state index in [4.69, 9.17) is 0 Å². The van der Waals surface area contributed by atoms with Gasteiger partial charge in [-0.1, -0.05) is 26.7 Å². The summed E-state index contributed by atoms with van der Waals surface area (Å²) in [6.07, 6.45) is 3.36. The molecule has 0 heterocycles. The van der Waals surface area contributed by atoms with Gasteiger partial charge in [0.2, 0.25) is 0 Å². The molecular formula is C9H15Br2Zr-. The molecule has 0 amide bonds. The van der Waals surface area contributed by atoms with Crippen LogP contribution in [-0.4, -0.2) is 0 Å². The molecule has 0 saturated carbocycles. The van der Waals surface area contributed by atoms with Gasteiger partial charge in [-0.05, 0) is 0 Å². The summed E-state index contributed by atoms with van der Waals surface area (Å²) < 4.78 is 0. The summed E-state index contributed by atoms with van der Waals surface area (Å²) in [5.74, 6) is 0.560. The average Bonchev–Trinajstić information content (AvgIpc) is 1.98. The minimum Gasteiger partial charge on any atom is -0.266 e. The fourth-order valence-electron chi connectivity index (χ4n) is 1.16. The normalized spacial score (nSPS) is 20.3. The van der Waals surface area contributed by atoms with Gasteiger partial charge < -0.3 is 0 Å². The molecule has 0 fully saturated rings. The maximum absolute atomic E-state index is 3.36. The molecule has 0 nitrogen and oxygen atoms in total. The Morgan fingerprint density at radius 2 is 1.50 bits per heavy atom. The Morgan fingerprint density at radius 3 is 1.58 bits per heavy atom. The maximum Gasteiger partial charge on any atom is 0 e. The summed E-state index contributed by atoms with van der Waals surface area (Å²) in [4.78, 5) is 0. The molecule has 0 bridgehead atoms. The third-order valence-electron chi connectivity index (χ3n) is 2.24. The van der Waals surface area contributed by atoms with Crippen molar-refractivity contribution in [2.24, 2.45) is 5.92 Å². The quantitative estimate of drug-likeness (QED) is 0.565. The van der Waals surface area contributed by atoms with Crippen molar-refractivity contribution >= 4 is 34.0 Å². The minimum absolute atomic E-state index is 0. The topological polar surface area (TPSA) is 0 Å². The first kappa shape index (κ1) is 19.0. The summed E-state index contributed by atoms with van der Waals surface area (Å²) in [6, 6.07) is 0. The Bertz CT molecular complexity index is 195. The third kappa shape index (κ3) is 4.02. The van der Waals surface area contributed by atoms with E-state index in [-0.39, 0.29) is 60.2 Å². The maximum atomic E-state index is 3.36. The summed E-state index contributed by atoms with van der Waals surface area (Å²) in [5.41, 5.74) is 4.25. The van der Waals surface area contributed by atoms with Crippen molar-refractivity contribution in [2.75, 3.05) is 0 Å². The molecule has 0 spiro atoms. The molecule has 12 heavy (non-hydrogen) atoms. The molecule has 0 aromatic heterocycles. The molecule has 0 aromatic rings. The predicted octanol–water partition coefficient (Wildman–Crippen LogP) is 3.88. The molecule has 70 valence electrons. The Morgan fingerprint density at radius 1 is 1.08 bits per heavy atom. The van der Waals surface area contributed by atoms with Crippen LogP contribution in [0.3, 0.4) is 0 Å². The largest absolute Gasteiger partial charge is 0.266 e. The van der Waals surface area contributed by atoms with Crippen LogP contribution in [0.4, 0.5) is 0 Å². The Labute approximate surface area is 116 Å². The second-order valence-electron chi connectivity index (χ2n) is 2.80. The van der Waals surface area contributed by atoms with Crippen LogP contribution in [0.25, 0.3) is 0 Å². The van der Waals surface area contributed by atoms with Gasteiger partial charge in [0.25, 0.3) is 0 Å². The Balaban J connectivity index is -0.000000270. The van der Waals surface area contributed by atoms with Crippen molar-refractivity contribution in [1.29, 1.82) is 0 Å². The van der Waals surface area contributed by atoms with Crippen LogP contribution in [0, 0.1) is 12.0 Å². The first-order chi connectivity index (χ1) is 4.13. The van der Waals surface area contributed by atoms with E-state index in [9.17, 15) is 0 Å². The van der Waals surface area contributed by atoms with Gasteiger partial charge in [-0.3, -0.25) is 6.08 Å². The van der Waals surface area contributed by atoms with Crippen LogP contribution in [0.15, 0.2) is 16.7 Å². The zero-order chi connectivity index (χ0) is 7.02. The fraction of sp³-hybridized carbons (Fsp3) is 0.556. The summed E-state index contributed by atoms with van der Waals surface area (Å²) in [6.45, 7) is 8.67. The van der Waals surface area contributed by atoms with Crippen LogP contribution >= 0.6 is 34.0 Å². The average molecular weight is 374 g/mol. The van der Waals surface area contributed by atoms with Gasteiger partial charge >= 0.3 is 0 Å². The van der Waals surface area contributed by atoms with Gasteiger partial charge in [-0.2, -0.15) is 11.1 Å². The van der Waals surface area contributed by atoms with E-state index >= 15 is 0 Å². The van der Waals surface area contributed by atoms with Crippen molar-refractivity contribution < 1.29 is 26.2 Å². The second kappa shape index (κ2) is 7.70. The van der Waals surface area contributed by atoms with Gasteiger partial charge in [-0.15, -0.1) is 40.9 Å². The summed E-state index contributed by atoms with van der Waals surface area (Å²) in [5, 5.41) is 0. The zero-order valence-electron chi connectivity index (χ0n) is 7.89. The number of allylic oxidation sites excluding steroid dienone is 4. The van der Waals surface area contributed by atoms with Crippen molar-refractivity contribution in [1.82, 2.24) is 0 Å². The monoisotopic (exact) mass is 371 g/mol. The number of rotatable bonds is 0. The Hall–Kier alpha value is 1.32. The van der Waals surface area contributed by atoms with Gasteiger partial charge in [0.05, 0.1) is 0 Å². The van der Waals surface area contributed by atoms with Gasteiger partial charge in [0.1, 0.15) is 0 Å². The van der Waals surface area contributed by atoms with Gasteiger partial charge in [0.15, 0.2) is 0 Å². The van der Waals surface area contributed by atoms with E-state index in [0.717, 1.165) is 0 Å². The van der Waals surface area contributed by atoms with Gasteiger partial charge in [-0.25, -0.2) is 5.57 Å². The molecule has 0 saturated heterocycles. The number of hydrogen-bond acceptors (Lipinski definition) is 0. The molecule has 0 aromatic carbocycles. The van der Waals surface area contributed by atoms with Crippen molar-refractivity contribution in [3.63, 3.8) is 0 Å². The molecule has 3 heteroatoms. The number of hydrogen-bond donors (Lipinski definition) is 0. The SMILES string of the molecule is Br.Br.CC1=[C-]C(C)C(C)=C1C.[Zr]. The molecule has 1 unspecified atom stereocenters. The molecule has 1 atom stereocenters. The summed E-state index contributed by atoms with van der Waals surface area (Å²) in [7, 11) is 0. The van der Waals surface area contributed by atoms with E-state index in [2.05, 4.69) is 33.8 Å². The summed E-state index contributed by atoms with van der Waals surface area (Å²) >= 11 is 0. The molecule has 1 aliphatic rings. The van der Waals surface area contributed by atoms with E-state index < -0.39 is 0 Å². The van der Waals surface area contributed by atoms with Crippen molar-refractivity contribution in [2.45, 2.75) is 27.7 Å². The molecule has 0 N–H and O–H groups in total. The Kier molecular flexibility index (Phi) is 12.2. The van der Waals surface area contributed by atoms with E-state index in [1.165, 1.54) is 16.7 Å². The molecule has 0 radical (unpaired) electrons. The molecule has 1 aliphatic carbocycles. The van der Waals surface area contributed by atoms with Crippen molar-refractivity contribution in [3.05, 3.63) is 22.8 Å². The first-order valence-corrected chi connectivity index (χ1v) is 3.40. The van der Waals surface area contributed by atoms with Crippen LogP contribution in [0.5, 0.6) is 0 Å². The van der Waals surface area contributed by atoms with Crippen LogP contribution in [-0.2, 0) is 26.2 Å². The first-order valence-electron chi connectivity index (χ1n) is 3.40. The van der Waals surface area contributed by atoms with Crippen LogP contribution in [0.2, 0.25) is 0 Å². The second-order valence-corrected chi connectivity index (χ2v) is 2.80. The standard InChI is InChI=1S/C9H13.2BrH.Zr/c1-6-5-7(2)9(4)8(6)3;;;/h6H,1-4H3;2*1H;/q-1;;;. The van der Waals surface area contributed by atoms with E-state index in [1.54, 1.807) is 0 Å². The van der Waals surface area contributed by atoms with Crippen LogP contribution < -0.4 is 0 Å². The van der Waals surface area contributed by atoms with Crippen molar-refractivity contribution in [3.8, 4) is 0 Å². The fourth-order valence-corrected chi connectivity index (χ4v) is 1.16. The molecule has 0 aliphatic heterocycles. The predicted molar refractivity (Wildman–Crippen MR) is 60.6 cm³/mol. The molecular weight excluding hydrogens is 359 g/mol. The van der Waals surface area contributed by atoms with Gasteiger partial charge in [0, 0.05) is 26.2 Å². The zero-order valence-corrected chi connectivity index (χ0v) is 13.8. The number of halogens is 2. The third-order valence-corrected chi connectivity index (χ3v) is 2.24. The minimum atomic E-state index is 0.